The molecule has 5 nitrogen and oxygen atoms in total. The van der Waals surface area contributed by atoms with E-state index in [9.17, 15) is 4.79 Å². The summed E-state index contributed by atoms with van der Waals surface area (Å²) in [6.07, 6.45) is 9.59. The molecule has 5 heteroatoms. The Kier molecular flexibility index (Phi) is 4.33. The van der Waals surface area contributed by atoms with Gasteiger partial charge in [0.05, 0.1) is 10.9 Å². The number of aromatic nitrogens is 4. The van der Waals surface area contributed by atoms with Gasteiger partial charge in [-0.25, -0.2) is 0 Å². The van der Waals surface area contributed by atoms with Gasteiger partial charge >= 0.3 is 0 Å². The summed E-state index contributed by atoms with van der Waals surface area (Å²) >= 11 is 0. The minimum atomic E-state index is 0.0138. The molecule has 0 unspecified atom stereocenters. The number of hydrogen-bond donors (Lipinski definition) is 0. The molecule has 0 radical (unpaired) electrons. The van der Waals surface area contributed by atoms with Crippen LogP contribution in [0.5, 0.6) is 0 Å². The topological polar surface area (TPSA) is 60.7 Å². The second-order valence-electron chi connectivity index (χ2n) is 6.94. The van der Waals surface area contributed by atoms with E-state index in [-0.39, 0.29) is 5.56 Å². The lowest BCUT2D eigenvalue weighted by atomic mass is 10.0. The summed E-state index contributed by atoms with van der Waals surface area (Å²) in [7, 11) is 0. The molecule has 140 valence electrons. The van der Waals surface area contributed by atoms with E-state index in [0.29, 0.717) is 13.0 Å². The van der Waals surface area contributed by atoms with Crippen LogP contribution in [0.1, 0.15) is 5.69 Å². The van der Waals surface area contributed by atoms with E-state index in [0.717, 1.165) is 38.5 Å². The molecule has 0 N–H and O–H groups in total. The summed E-state index contributed by atoms with van der Waals surface area (Å²) in [6, 6.07) is 17.7. The molecule has 0 aliphatic carbocycles. The molecular weight excluding hydrogens is 360 g/mol. The molecule has 0 atom stereocenters. The Hall–Kier alpha value is -3.86. The summed E-state index contributed by atoms with van der Waals surface area (Å²) in [6.45, 7) is 0.572. The van der Waals surface area contributed by atoms with Crippen LogP contribution in [-0.4, -0.2) is 19.5 Å². The highest BCUT2D eigenvalue weighted by Gasteiger charge is 2.10. The van der Waals surface area contributed by atoms with Crippen molar-refractivity contribution in [1.29, 1.82) is 0 Å². The third kappa shape index (κ3) is 3.27. The van der Waals surface area contributed by atoms with Crippen molar-refractivity contribution >= 4 is 21.7 Å². The number of nitrogens with zero attached hydrogens (tertiary/aromatic N) is 4. The van der Waals surface area contributed by atoms with E-state index in [1.807, 2.05) is 60.8 Å². The molecule has 0 fully saturated rings. The van der Waals surface area contributed by atoms with Gasteiger partial charge in [0, 0.05) is 55.0 Å². The van der Waals surface area contributed by atoms with Crippen molar-refractivity contribution < 1.29 is 0 Å². The van der Waals surface area contributed by atoms with Crippen molar-refractivity contribution in [1.82, 2.24) is 19.5 Å². The fourth-order valence-corrected chi connectivity index (χ4v) is 3.66. The fourth-order valence-electron chi connectivity index (χ4n) is 3.66. The predicted molar refractivity (Wildman–Crippen MR) is 115 cm³/mol. The third-order valence-electron chi connectivity index (χ3n) is 5.15. The van der Waals surface area contributed by atoms with Gasteiger partial charge in [-0.3, -0.25) is 19.7 Å². The van der Waals surface area contributed by atoms with Crippen LogP contribution in [0.4, 0.5) is 0 Å². The highest BCUT2D eigenvalue weighted by atomic mass is 16.1. The molecule has 4 heterocycles. The number of rotatable bonds is 4. The smallest absolute Gasteiger partial charge is 0.259 e. The second kappa shape index (κ2) is 7.28. The van der Waals surface area contributed by atoms with Gasteiger partial charge < -0.3 is 4.57 Å². The summed E-state index contributed by atoms with van der Waals surface area (Å²) < 4.78 is 1.77. The molecule has 0 bridgehead atoms. The number of hydrogen-bond acceptors (Lipinski definition) is 4. The Morgan fingerprint density at radius 2 is 1.69 bits per heavy atom. The Bertz CT molecular complexity index is 1380. The Balaban J connectivity index is 1.52. The quantitative estimate of drug-likeness (QED) is 0.469. The molecule has 1 aromatic carbocycles. The van der Waals surface area contributed by atoms with E-state index >= 15 is 0 Å². The average molecular weight is 378 g/mol. The van der Waals surface area contributed by atoms with Crippen LogP contribution in [0.2, 0.25) is 0 Å². The van der Waals surface area contributed by atoms with Gasteiger partial charge in [0.2, 0.25) is 0 Å². The van der Waals surface area contributed by atoms with Gasteiger partial charge in [0.15, 0.2) is 0 Å². The average Bonchev–Trinajstić information content (AvgIpc) is 2.79. The lowest BCUT2D eigenvalue weighted by molar-refractivity contribution is 0.667. The largest absolute Gasteiger partial charge is 0.315 e. The highest BCUT2D eigenvalue weighted by molar-refractivity contribution is 5.95. The van der Waals surface area contributed by atoms with E-state index < -0.39 is 0 Å². The van der Waals surface area contributed by atoms with E-state index in [1.165, 1.54) is 0 Å². The Labute approximate surface area is 167 Å². The lowest BCUT2D eigenvalue weighted by Gasteiger charge is -2.11. The first-order valence-corrected chi connectivity index (χ1v) is 9.52. The van der Waals surface area contributed by atoms with Crippen molar-refractivity contribution in [2.24, 2.45) is 0 Å². The van der Waals surface area contributed by atoms with Crippen LogP contribution in [0, 0.1) is 0 Å². The molecule has 5 aromatic rings. The summed E-state index contributed by atoms with van der Waals surface area (Å²) in [4.78, 5) is 26.2. The van der Waals surface area contributed by atoms with Crippen molar-refractivity contribution in [2.75, 3.05) is 0 Å². The number of pyridine rings is 4. The molecule has 0 saturated carbocycles. The molecule has 0 aliphatic rings. The van der Waals surface area contributed by atoms with Crippen LogP contribution in [0.25, 0.3) is 32.8 Å². The fraction of sp³-hybridized carbons (Fsp3) is 0.0833. The van der Waals surface area contributed by atoms with Crippen molar-refractivity contribution in [2.45, 2.75) is 13.0 Å². The molecule has 29 heavy (non-hydrogen) atoms. The SMILES string of the molecule is O=c1c2c(-c3ccncc3)cccc2ccn1CCc1ccc2cnccc2n1. The minimum absolute atomic E-state index is 0.0138. The maximum atomic E-state index is 13.3. The number of benzene rings is 1. The Morgan fingerprint density at radius 3 is 2.59 bits per heavy atom. The molecule has 5 rings (SSSR count). The molecule has 0 aliphatic heterocycles. The zero-order valence-electron chi connectivity index (χ0n) is 15.7. The molecule has 0 amide bonds. The minimum Gasteiger partial charge on any atom is -0.315 e. The monoisotopic (exact) mass is 378 g/mol. The molecule has 0 saturated heterocycles. The first-order chi connectivity index (χ1) is 14.3. The van der Waals surface area contributed by atoms with Gasteiger partial charge in [0.1, 0.15) is 0 Å². The lowest BCUT2D eigenvalue weighted by Crippen LogP contribution is -2.21. The van der Waals surface area contributed by atoms with Gasteiger partial charge in [-0.15, -0.1) is 0 Å². The van der Waals surface area contributed by atoms with Crippen LogP contribution in [0.3, 0.4) is 0 Å². The third-order valence-corrected chi connectivity index (χ3v) is 5.15. The van der Waals surface area contributed by atoms with E-state index in [1.54, 1.807) is 29.4 Å². The maximum absolute atomic E-state index is 13.3. The van der Waals surface area contributed by atoms with E-state index in [2.05, 4.69) is 15.0 Å². The van der Waals surface area contributed by atoms with Crippen molar-refractivity contribution in [3.05, 3.63) is 102 Å². The number of fused-ring (bicyclic) bond motifs is 2. The Morgan fingerprint density at radius 1 is 0.828 bits per heavy atom. The summed E-state index contributed by atoms with van der Waals surface area (Å²) in [5, 5.41) is 2.69. The summed E-state index contributed by atoms with van der Waals surface area (Å²) in [5.74, 6) is 0. The van der Waals surface area contributed by atoms with E-state index in [4.69, 9.17) is 0 Å². The zero-order chi connectivity index (χ0) is 19.6. The van der Waals surface area contributed by atoms with Crippen LogP contribution in [0.15, 0.2) is 90.4 Å². The van der Waals surface area contributed by atoms with Crippen LogP contribution in [-0.2, 0) is 13.0 Å². The van der Waals surface area contributed by atoms with Crippen molar-refractivity contribution in [3.8, 4) is 11.1 Å². The first kappa shape index (κ1) is 17.3. The molecule has 4 aromatic heterocycles. The predicted octanol–water partition coefficient (Wildman–Crippen LogP) is 4.25. The zero-order valence-corrected chi connectivity index (χ0v) is 15.7. The summed E-state index contributed by atoms with van der Waals surface area (Å²) in [5.41, 5.74) is 3.81. The highest BCUT2D eigenvalue weighted by Crippen LogP contribution is 2.25. The van der Waals surface area contributed by atoms with Crippen molar-refractivity contribution in [3.63, 3.8) is 0 Å². The molecule has 0 spiro atoms. The van der Waals surface area contributed by atoms with Gasteiger partial charge in [0.25, 0.3) is 5.56 Å². The maximum Gasteiger partial charge on any atom is 0.259 e. The second-order valence-corrected chi connectivity index (χ2v) is 6.94. The van der Waals surface area contributed by atoms with Gasteiger partial charge in [-0.2, -0.15) is 0 Å². The first-order valence-electron chi connectivity index (χ1n) is 9.52. The van der Waals surface area contributed by atoms with Gasteiger partial charge in [-0.05, 0) is 52.9 Å². The molecular formula is C24H18N4O. The van der Waals surface area contributed by atoms with Crippen LogP contribution < -0.4 is 5.56 Å². The number of aryl methyl sites for hydroxylation is 2. The normalized spacial score (nSPS) is 11.2. The van der Waals surface area contributed by atoms with Crippen LogP contribution >= 0.6 is 0 Å². The van der Waals surface area contributed by atoms with Gasteiger partial charge in [-0.1, -0.05) is 18.2 Å². The standard InChI is InChI=1S/C24H18N4O/c29-24-23-18(2-1-3-21(23)17-6-11-25-12-7-17)9-14-28(24)15-10-20-5-4-19-16-26-13-8-22(19)27-20/h1-9,11-14,16H,10,15H2.